The van der Waals surface area contributed by atoms with Gasteiger partial charge in [0.05, 0.1) is 5.28 Å². The van der Waals surface area contributed by atoms with Crippen LogP contribution in [0.5, 0.6) is 0 Å². The molecule has 0 aliphatic heterocycles. The van der Waals surface area contributed by atoms with Crippen LogP contribution in [0.15, 0.2) is 0 Å². The van der Waals surface area contributed by atoms with Crippen LogP contribution >= 0.6 is 9.24 Å². The summed E-state index contributed by atoms with van der Waals surface area (Å²) in [6.07, 6.45) is 0.289. The molecule has 94 valence electrons. The number of aldehydes is 1. The molecule has 0 fully saturated rings. The zero-order chi connectivity index (χ0) is 13.2. The van der Waals surface area contributed by atoms with Crippen LogP contribution in [-0.4, -0.2) is 23.3 Å². The Kier molecular flexibility index (Phi) is 4.52. The third-order valence-corrected chi connectivity index (χ3v) is 3.28. The third-order valence-electron chi connectivity index (χ3n) is 2.39. The largest absolute Gasteiger partial charge is 0.444 e. The molecule has 1 N–H and O–H groups in total. The zero-order valence-electron chi connectivity index (χ0n) is 10.9. The van der Waals surface area contributed by atoms with Crippen LogP contribution in [0.25, 0.3) is 0 Å². The first-order valence-electron chi connectivity index (χ1n) is 5.18. The quantitative estimate of drug-likeness (QED) is 0.615. The molecule has 0 aliphatic rings. The van der Waals surface area contributed by atoms with Crippen molar-refractivity contribution in [2.24, 2.45) is 5.41 Å². The van der Waals surface area contributed by atoms with Gasteiger partial charge in [-0.1, -0.05) is 13.8 Å². The van der Waals surface area contributed by atoms with E-state index in [9.17, 15) is 9.59 Å². The van der Waals surface area contributed by atoms with E-state index < -0.39 is 22.4 Å². The number of carbonyl (C=O) groups is 2. The minimum absolute atomic E-state index is 0.528. The minimum atomic E-state index is -0.739. The van der Waals surface area contributed by atoms with Crippen molar-refractivity contribution < 1.29 is 14.3 Å². The maximum atomic E-state index is 11.6. The zero-order valence-corrected chi connectivity index (χ0v) is 12.0. The predicted octanol–water partition coefficient (Wildman–Crippen LogP) is 2.33. The Bertz CT molecular complexity index is 279. The number of amides is 1. The fraction of sp³-hybridized carbons (Fsp3) is 0.818. The highest BCUT2D eigenvalue weighted by atomic mass is 31.0. The Balaban J connectivity index is 4.61. The highest BCUT2D eigenvalue weighted by Crippen LogP contribution is 2.34. The molecular formula is C11H22NO3P. The van der Waals surface area contributed by atoms with Crippen LogP contribution in [0.1, 0.15) is 41.5 Å². The number of nitrogens with one attached hydrogen (secondary N) is 1. The molecule has 2 unspecified atom stereocenters. The number of ether oxygens (including phenoxy) is 1. The average molecular weight is 247 g/mol. The molecule has 0 aromatic heterocycles. The standard InChI is InChI=1S/C11H22NO3P/c1-9(2,3)15-8(14)12-11(6,16)10(4,5)7-13/h7H,16H2,1-6H3,(H,12,14). The molecular weight excluding hydrogens is 225 g/mol. The van der Waals surface area contributed by atoms with Crippen molar-refractivity contribution in [3.63, 3.8) is 0 Å². The van der Waals surface area contributed by atoms with E-state index in [1.807, 2.05) is 0 Å². The van der Waals surface area contributed by atoms with E-state index in [0.29, 0.717) is 0 Å². The van der Waals surface area contributed by atoms with E-state index in [4.69, 9.17) is 4.74 Å². The molecule has 4 nitrogen and oxygen atoms in total. The number of hydrogen-bond donors (Lipinski definition) is 1. The van der Waals surface area contributed by atoms with Crippen LogP contribution in [0.2, 0.25) is 0 Å². The summed E-state index contributed by atoms with van der Waals surface area (Å²) in [6, 6.07) is 0. The number of rotatable bonds is 3. The molecule has 2 atom stereocenters. The van der Waals surface area contributed by atoms with Crippen molar-refractivity contribution in [2.75, 3.05) is 0 Å². The van der Waals surface area contributed by atoms with E-state index in [1.54, 1.807) is 41.5 Å². The summed E-state index contributed by atoms with van der Waals surface area (Å²) in [5.41, 5.74) is -1.23. The summed E-state index contributed by atoms with van der Waals surface area (Å²) >= 11 is 0. The van der Waals surface area contributed by atoms with E-state index in [1.165, 1.54) is 0 Å². The Hall–Kier alpha value is -0.630. The first kappa shape index (κ1) is 15.4. The molecule has 0 rings (SSSR count). The van der Waals surface area contributed by atoms with E-state index in [2.05, 4.69) is 14.6 Å². The molecule has 0 bridgehead atoms. The fourth-order valence-electron chi connectivity index (χ4n) is 0.799. The number of hydrogen-bond acceptors (Lipinski definition) is 3. The Labute approximate surface area is 99.7 Å². The average Bonchev–Trinajstić information content (AvgIpc) is 1.98. The van der Waals surface area contributed by atoms with Crippen molar-refractivity contribution in [3.05, 3.63) is 0 Å². The number of alkyl carbamates (subject to hydrolysis) is 1. The van der Waals surface area contributed by atoms with Gasteiger partial charge in [-0.05, 0) is 27.7 Å². The summed E-state index contributed by atoms with van der Waals surface area (Å²) < 4.78 is 5.13. The monoisotopic (exact) mass is 247 g/mol. The maximum absolute atomic E-state index is 11.6. The van der Waals surface area contributed by atoms with Crippen molar-refractivity contribution in [2.45, 2.75) is 52.4 Å². The molecule has 0 heterocycles. The van der Waals surface area contributed by atoms with Gasteiger partial charge in [-0.2, -0.15) is 0 Å². The normalized spacial score (nSPS) is 16.2. The van der Waals surface area contributed by atoms with Crippen LogP contribution in [0.4, 0.5) is 4.79 Å². The second-order valence-electron chi connectivity index (χ2n) is 5.67. The lowest BCUT2D eigenvalue weighted by Gasteiger charge is -2.38. The Morgan fingerprint density at radius 2 is 1.62 bits per heavy atom. The summed E-state index contributed by atoms with van der Waals surface area (Å²) in [6.45, 7) is 10.6. The lowest BCUT2D eigenvalue weighted by molar-refractivity contribution is -0.116. The second kappa shape index (κ2) is 4.70. The highest BCUT2D eigenvalue weighted by Gasteiger charge is 2.39. The SMILES string of the molecule is CC(C)(C)OC(=O)NC(C)(P)C(C)(C)C=O. The molecule has 0 aliphatic carbocycles. The predicted molar refractivity (Wildman–Crippen MR) is 67.3 cm³/mol. The van der Waals surface area contributed by atoms with Gasteiger partial charge in [0.2, 0.25) is 0 Å². The van der Waals surface area contributed by atoms with Gasteiger partial charge in [0.25, 0.3) is 0 Å². The van der Waals surface area contributed by atoms with Gasteiger partial charge in [0.15, 0.2) is 0 Å². The molecule has 0 saturated heterocycles. The van der Waals surface area contributed by atoms with Gasteiger partial charge in [-0.3, -0.25) is 0 Å². The Morgan fingerprint density at radius 1 is 1.19 bits per heavy atom. The fourth-order valence-corrected chi connectivity index (χ4v) is 0.985. The Morgan fingerprint density at radius 3 is 1.94 bits per heavy atom. The van der Waals surface area contributed by atoms with E-state index in [-0.39, 0.29) is 0 Å². The van der Waals surface area contributed by atoms with E-state index in [0.717, 1.165) is 6.29 Å². The lowest BCUT2D eigenvalue weighted by Crippen LogP contribution is -2.53. The topological polar surface area (TPSA) is 55.4 Å². The van der Waals surface area contributed by atoms with Gasteiger partial charge in [0.1, 0.15) is 11.9 Å². The summed E-state index contributed by atoms with van der Waals surface area (Å²) in [7, 11) is 2.48. The summed E-state index contributed by atoms with van der Waals surface area (Å²) in [5.74, 6) is 0. The van der Waals surface area contributed by atoms with Gasteiger partial charge in [-0.15, -0.1) is 9.24 Å². The lowest BCUT2D eigenvalue weighted by atomic mass is 9.86. The van der Waals surface area contributed by atoms with Crippen molar-refractivity contribution in [1.29, 1.82) is 0 Å². The molecule has 0 aromatic carbocycles. The summed E-state index contributed by atoms with van der Waals surface area (Å²) in [4.78, 5) is 22.5. The van der Waals surface area contributed by atoms with Crippen molar-refractivity contribution in [1.82, 2.24) is 5.32 Å². The van der Waals surface area contributed by atoms with Gasteiger partial charge < -0.3 is 14.8 Å². The van der Waals surface area contributed by atoms with Crippen LogP contribution < -0.4 is 5.32 Å². The molecule has 0 aromatic rings. The molecule has 16 heavy (non-hydrogen) atoms. The highest BCUT2D eigenvalue weighted by molar-refractivity contribution is 7.19. The molecule has 5 heteroatoms. The van der Waals surface area contributed by atoms with Crippen molar-refractivity contribution in [3.8, 4) is 0 Å². The molecule has 0 spiro atoms. The smallest absolute Gasteiger partial charge is 0.408 e. The minimum Gasteiger partial charge on any atom is -0.444 e. The first-order valence-corrected chi connectivity index (χ1v) is 5.75. The van der Waals surface area contributed by atoms with Gasteiger partial charge in [0, 0.05) is 5.41 Å². The molecule has 0 radical (unpaired) electrons. The van der Waals surface area contributed by atoms with Crippen molar-refractivity contribution >= 4 is 21.6 Å². The number of carbonyl (C=O) groups excluding carboxylic acids is 2. The third kappa shape index (κ3) is 4.48. The summed E-state index contributed by atoms with van der Waals surface area (Å²) in [5, 5.41) is 1.94. The van der Waals surface area contributed by atoms with Gasteiger partial charge in [-0.25, -0.2) is 4.79 Å². The molecule has 1 amide bonds. The first-order chi connectivity index (χ1) is 6.91. The van der Waals surface area contributed by atoms with Crippen LogP contribution in [-0.2, 0) is 9.53 Å². The maximum Gasteiger partial charge on any atom is 0.408 e. The second-order valence-corrected chi connectivity index (χ2v) is 6.82. The van der Waals surface area contributed by atoms with Crippen LogP contribution in [0.3, 0.4) is 0 Å². The molecule has 0 saturated carbocycles. The van der Waals surface area contributed by atoms with Gasteiger partial charge >= 0.3 is 6.09 Å². The van der Waals surface area contributed by atoms with Crippen LogP contribution in [0, 0.1) is 5.41 Å². The van der Waals surface area contributed by atoms with E-state index >= 15 is 0 Å².